The van der Waals surface area contributed by atoms with Gasteiger partial charge in [-0.15, -0.1) is 0 Å². The average molecular weight is 574 g/mol. The second-order valence-electron chi connectivity index (χ2n) is 9.08. The molecule has 3 heterocycles. The Kier molecular flexibility index (Phi) is 7.84. The lowest BCUT2D eigenvalue weighted by Crippen LogP contribution is -2.20. The van der Waals surface area contributed by atoms with E-state index in [-0.39, 0.29) is 39.8 Å². The topological polar surface area (TPSA) is 109 Å². The number of halogens is 3. The standard InChI is InChI=1S/C27H26F3N5O4S/c1-34(2)22-12-11-19(33-26(22)36)18-7-6-14-35-23(16-27(28,29)30)20(32-25(18)35)8-5-13-31-21-10-9-17(40(4,37)38)15-24(21)39-3/h6-7,9-12,14-15,31H,13,16H2,1-4H3,(H,33,36). The highest BCUT2D eigenvalue weighted by Crippen LogP contribution is 2.29. The van der Waals surface area contributed by atoms with E-state index in [9.17, 15) is 26.4 Å². The molecule has 0 saturated heterocycles. The summed E-state index contributed by atoms with van der Waals surface area (Å²) >= 11 is 0. The summed E-state index contributed by atoms with van der Waals surface area (Å²) in [5.41, 5.74) is 1.40. The molecule has 0 radical (unpaired) electrons. The van der Waals surface area contributed by atoms with Crippen molar-refractivity contribution in [3.05, 3.63) is 70.4 Å². The van der Waals surface area contributed by atoms with E-state index >= 15 is 0 Å². The highest BCUT2D eigenvalue weighted by atomic mass is 32.2. The van der Waals surface area contributed by atoms with E-state index in [1.807, 2.05) is 0 Å². The minimum Gasteiger partial charge on any atom is -0.495 e. The third-order valence-electron chi connectivity index (χ3n) is 5.95. The second-order valence-corrected chi connectivity index (χ2v) is 11.1. The molecule has 210 valence electrons. The van der Waals surface area contributed by atoms with Crippen molar-refractivity contribution in [2.24, 2.45) is 0 Å². The van der Waals surface area contributed by atoms with Crippen LogP contribution in [0.4, 0.5) is 24.5 Å². The quantitative estimate of drug-likeness (QED) is 0.325. The summed E-state index contributed by atoms with van der Waals surface area (Å²) in [4.78, 5) is 21.4. The maximum absolute atomic E-state index is 13.5. The number of hydrogen-bond donors (Lipinski definition) is 2. The molecule has 3 aromatic heterocycles. The molecule has 4 rings (SSSR count). The molecule has 1 aromatic carbocycles. The number of nitrogens with zero attached hydrogens (tertiary/aromatic N) is 3. The molecular formula is C27H26F3N5O4S. The largest absolute Gasteiger partial charge is 0.495 e. The van der Waals surface area contributed by atoms with Crippen LogP contribution < -0.4 is 20.5 Å². The van der Waals surface area contributed by atoms with Crippen LogP contribution in [-0.4, -0.2) is 63.0 Å². The number of rotatable bonds is 7. The Balaban J connectivity index is 1.71. The Morgan fingerprint density at radius 2 is 1.93 bits per heavy atom. The van der Waals surface area contributed by atoms with Crippen molar-refractivity contribution in [2.75, 3.05) is 44.2 Å². The van der Waals surface area contributed by atoms with Gasteiger partial charge in [0.15, 0.2) is 9.84 Å². The van der Waals surface area contributed by atoms with Crippen LogP contribution in [0, 0.1) is 11.8 Å². The zero-order chi connectivity index (χ0) is 29.2. The number of anilines is 2. The summed E-state index contributed by atoms with van der Waals surface area (Å²) < 4.78 is 70.7. The van der Waals surface area contributed by atoms with Gasteiger partial charge in [-0.1, -0.05) is 5.92 Å². The van der Waals surface area contributed by atoms with Crippen molar-refractivity contribution in [1.82, 2.24) is 14.4 Å². The number of fused-ring (bicyclic) bond motifs is 1. The van der Waals surface area contributed by atoms with Crippen molar-refractivity contribution in [3.8, 4) is 28.8 Å². The lowest BCUT2D eigenvalue weighted by Gasteiger charge is -2.12. The molecule has 0 aliphatic heterocycles. The molecule has 0 bridgehead atoms. The fourth-order valence-electron chi connectivity index (χ4n) is 4.08. The molecule has 40 heavy (non-hydrogen) atoms. The number of pyridine rings is 2. The predicted molar refractivity (Wildman–Crippen MR) is 147 cm³/mol. The zero-order valence-corrected chi connectivity index (χ0v) is 22.9. The first-order chi connectivity index (χ1) is 18.8. The van der Waals surface area contributed by atoms with Crippen LogP contribution in [0.2, 0.25) is 0 Å². The van der Waals surface area contributed by atoms with Crippen molar-refractivity contribution in [1.29, 1.82) is 0 Å². The van der Waals surface area contributed by atoms with Crippen LogP contribution in [0.1, 0.15) is 11.4 Å². The lowest BCUT2D eigenvalue weighted by molar-refractivity contribution is -0.128. The lowest BCUT2D eigenvalue weighted by atomic mass is 10.1. The van der Waals surface area contributed by atoms with E-state index in [0.717, 1.165) is 6.26 Å². The first-order valence-corrected chi connectivity index (χ1v) is 13.8. The normalized spacial score (nSPS) is 11.7. The highest BCUT2D eigenvalue weighted by Gasteiger charge is 2.31. The average Bonchev–Trinajstić information content (AvgIpc) is 3.21. The van der Waals surface area contributed by atoms with Crippen molar-refractivity contribution in [2.45, 2.75) is 17.5 Å². The summed E-state index contributed by atoms with van der Waals surface area (Å²) in [6.07, 6.45) is -3.23. The van der Waals surface area contributed by atoms with Gasteiger partial charge in [0.25, 0.3) is 5.56 Å². The zero-order valence-electron chi connectivity index (χ0n) is 22.0. The van der Waals surface area contributed by atoms with Gasteiger partial charge in [-0.25, -0.2) is 13.4 Å². The van der Waals surface area contributed by atoms with E-state index in [0.29, 0.717) is 22.6 Å². The summed E-state index contributed by atoms with van der Waals surface area (Å²) in [5.74, 6) is 5.78. The van der Waals surface area contributed by atoms with Gasteiger partial charge in [0.05, 0.1) is 42.0 Å². The van der Waals surface area contributed by atoms with E-state index in [2.05, 4.69) is 27.1 Å². The summed E-state index contributed by atoms with van der Waals surface area (Å²) in [6.45, 7) is 0.0140. The number of H-pyrrole nitrogens is 1. The number of ether oxygens (including phenoxy) is 1. The number of hydrogen-bond acceptors (Lipinski definition) is 7. The molecular weight excluding hydrogens is 547 g/mol. The number of sulfone groups is 1. The number of imidazole rings is 1. The molecule has 0 aliphatic rings. The fraction of sp³-hybridized carbons (Fsp3) is 0.259. The smallest absolute Gasteiger partial charge is 0.394 e. The number of aromatic amines is 1. The number of benzene rings is 1. The Morgan fingerprint density at radius 3 is 2.55 bits per heavy atom. The van der Waals surface area contributed by atoms with Crippen LogP contribution in [-0.2, 0) is 16.3 Å². The van der Waals surface area contributed by atoms with Gasteiger partial charge in [-0.3, -0.25) is 4.79 Å². The minimum atomic E-state index is -4.52. The van der Waals surface area contributed by atoms with Crippen molar-refractivity contribution >= 4 is 26.9 Å². The first kappa shape index (κ1) is 28.6. The molecule has 2 N–H and O–H groups in total. The predicted octanol–water partition coefficient (Wildman–Crippen LogP) is 3.74. The van der Waals surface area contributed by atoms with Crippen LogP contribution in [0.25, 0.3) is 16.9 Å². The monoisotopic (exact) mass is 573 g/mol. The van der Waals surface area contributed by atoms with Gasteiger partial charge in [0.1, 0.15) is 22.8 Å². The number of nitrogens with one attached hydrogen (secondary N) is 2. The van der Waals surface area contributed by atoms with Crippen molar-refractivity contribution in [3.63, 3.8) is 0 Å². The molecule has 0 amide bonds. The highest BCUT2D eigenvalue weighted by molar-refractivity contribution is 7.90. The molecule has 0 atom stereocenters. The molecule has 0 saturated carbocycles. The summed E-state index contributed by atoms with van der Waals surface area (Å²) in [7, 11) is 1.40. The molecule has 4 aromatic rings. The molecule has 0 unspecified atom stereocenters. The first-order valence-electron chi connectivity index (χ1n) is 11.9. The summed E-state index contributed by atoms with van der Waals surface area (Å²) in [5, 5.41) is 2.98. The van der Waals surface area contributed by atoms with E-state index in [1.54, 1.807) is 43.3 Å². The minimum absolute atomic E-state index is 0.0140. The van der Waals surface area contributed by atoms with Crippen LogP contribution >= 0.6 is 0 Å². The van der Waals surface area contributed by atoms with Gasteiger partial charge in [0, 0.05) is 38.2 Å². The number of aromatic nitrogens is 3. The Hall–Kier alpha value is -4.44. The molecule has 0 aliphatic carbocycles. The van der Waals surface area contributed by atoms with Crippen LogP contribution in [0.3, 0.4) is 0 Å². The van der Waals surface area contributed by atoms with Gasteiger partial charge >= 0.3 is 6.18 Å². The third kappa shape index (κ3) is 6.23. The maximum Gasteiger partial charge on any atom is 0.394 e. The van der Waals surface area contributed by atoms with Gasteiger partial charge < -0.3 is 24.3 Å². The molecule has 13 heteroatoms. The Labute approximate surface area is 228 Å². The van der Waals surface area contributed by atoms with Crippen LogP contribution in [0.15, 0.2) is 58.4 Å². The van der Waals surface area contributed by atoms with E-state index in [1.165, 1.54) is 35.9 Å². The number of alkyl halides is 3. The third-order valence-corrected chi connectivity index (χ3v) is 7.06. The van der Waals surface area contributed by atoms with Gasteiger partial charge in [0.2, 0.25) is 0 Å². The SMILES string of the molecule is COc1cc(S(C)(=O)=O)ccc1NCC#Cc1nc2c(-c3ccc(N(C)C)c(=O)[nH]3)cccn2c1CC(F)(F)F. The fourth-order valence-corrected chi connectivity index (χ4v) is 4.71. The van der Waals surface area contributed by atoms with Gasteiger partial charge in [-0.05, 0) is 42.3 Å². The van der Waals surface area contributed by atoms with E-state index < -0.39 is 22.4 Å². The molecule has 0 spiro atoms. The molecule has 9 nitrogen and oxygen atoms in total. The Bertz CT molecular complexity index is 1800. The second kappa shape index (κ2) is 11.0. The van der Waals surface area contributed by atoms with E-state index in [4.69, 9.17) is 4.74 Å². The van der Waals surface area contributed by atoms with Crippen molar-refractivity contribution < 1.29 is 26.3 Å². The van der Waals surface area contributed by atoms with Gasteiger partial charge in [-0.2, -0.15) is 13.2 Å². The summed E-state index contributed by atoms with van der Waals surface area (Å²) in [6, 6.07) is 10.8. The molecule has 0 fully saturated rings. The number of methoxy groups -OCH3 is 1. The van der Waals surface area contributed by atoms with Crippen LogP contribution in [0.5, 0.6) is 5.75 Å². The Morgan fingerprint density at radius 1 is 1.18 bits per heavy atom. The maximum atomic E-state index is 13.5.